The van der Waals surface area contributed by atoms with Gasteiger partial charge in [-0.25, -0.2) is 4.98 Å². The Kier molecular flexibility index (Phi) is 3.21. The van der Waals surface area contributed by atoms with Crippen molar-refractivity contribution in [2.75, 3.05) is 18.5 Å². The Morgan fingerprint density at radius 2 is 2.47 bits per heavy atom. The van der Waals surface area contributed by atoms with Crippen molar-refractivity contribution >= 4 is 5.82 Å². The van der Waals surface area contributed by atoms with Crippen molar-refractivity contribution in [2.45, 2.75) is 32.4 Å². The standard InChI is InChI=1S/C12H19N3/c1-10-4-3-7-15(10)12-8-11(9-13-2)5-6-14-12/h5-6,8,10,13H,3-4,7,9H2,1-2H3. The summed E-state index contributed by atoms with van der Waals surface area (Å²) in [6, 6.07) is 4.90. The predicted molar refractivity (Wildman–Crippen MR) is 63.0 cm³/mol. The summed E-state index contributed by atoms with van der Waals surface area (Å²) in [5, 5.41) is 3.17. The van der Waals surface area contributed by atoms with E-state index in [2.05, 4.69) is 34.3 Å². The second-order valence-corrected chi connectivity index (χ2v) is 4.24. The minimum atomic E-state index is 0.641. The molecule has 2 rings (SSSR count). The molecule has 0 saturated carbocycles. The van der Waals surface area contributed by atoms with Crippen LogP contribution in [-0.2, 0) is 6.54 Å². The van der Waals surface area contributed by atoms with Gasteiger partial charge in [-0.05, 0) is 44.5 Å². The first-order chi connectivity index (χ1) is 7.31. The maximum atomic E-state index is 4.45. The predicted octanol–water partition coefficient (Wildman–Crippen LogP) is 1.79. The highest BCUT2D eigenvalue weighted by atomic mass is 15.2. The second-order valence-electron chi connectivity index (χ2n) is 4.24. The van der Waals surface area contributed by atoms with Gasteiger partial charge in [-0.15, -0.1) is 0 Å². The first kappa shape index (κ1) is 10.4. The fraction of sp³-hybridized carbons (Fsp3) is 0.583. The molecule has 1 atom stereocenters. The zero-order valence-corrected chi connectivity index (χ0v) is 9.53. The Morgan fingerprint density at radius 3 is 3.13 bits per heavy atom. The molecule has 1 aliphatic heterocycles. The van der Waals surface area contributed by atoms with Crippen LogP contribution in [0.5, 0.6) is 0 Å². The number of pyridine rings is 1. The van der Waals surface area contributed by atoms with E-state index in [1.54, 1.807) is 0 Å². The van der Waals surface area contributed by atoms with Gasteiger partial charge >= 0.3 is 0 Å². The molecule has 1 aromatic rings. The summed E-state index contributed by atoms with van der Waals surface area (Å²) in [5.41, 5.74) is 1.31. The van der Waals surface area contributed by atoms with E-state index >= 15 is 0 Å². The van der Waals surface area contributed by atoms with Gasteiger partial charge in [0.25, 0.3) is 0 Å². The molecule has 3 heteroatoms. The average Bonchev–Trinajstić information content (AvgIpc) is 2.65. The van der Waals surface area contributed by atoms with E-state index in [0.717, 1.165) is 18.9 Å². The number of nitrogens with one attached hydrogen (secondary N) is 1. The van der Waals surface area contributed by atoms with E-state index in [1.807, 2.05) is 13.2 Å². The third-order valence-corrected chi connectivity index (χ3v) is 3.04. The number of anilines is 1. The van der Waals surface area contributed by atoms with E-state index < -0.39 is 0 Å². The molecular weight excluding hydrogens is 186 g/mol. The quantitative estimate of drug-likeness (QED) is 0.815. The lowest BCUT2D eigenvalue weighted by Gasteiger charge is -2.22. The molecule has 0 aromatic carbocycles. The lowest BCUT2D eigenvalue weighted by atomic mass is 10.2. The summed E-state index contributed by atoms with van der Waals surface area (Å²) < 4.78 is 0. The summed E-state index contributed by atoms with van der Waals surface area (Å²) in [5.74, 6) is 1.13. The highest BCUT2D eigenvalue weighted by molar-refractivity contribution is 5.43. The van der Waals surface area contributed by atoms with E-state index in [0.29, 0.717) is 6.04 Å². The Hall–Kier alpha value is -1.09. The van der Waals surface area contributed by atoms with Crippen LogP contribution in [0.2, 0.25) is 0 Å². The summed E-state index contributed by atoms with van der Waals surface area (Å²) >= 11 is 0. The lowest BCUT2D eigenvalue weighted by molar-refractivity contribution is 0.725. The van der Waals surface area contributed by atoms with E-state index in [-0.39, 0.29) is 0 Å². The molecule has 0 aliphatic carbocycles. The van der Waals surface area contributed by atoms with Crippen LogP contribution in [0.3, 0.4) is 0 Å². The van der Waals surface area contributed by atoms with Crippen LogP contribution in [0.1, 0.15) is 25.3 Å². The minimum absolute atomic E-state index is 0.641. The van der Waals surface area contributed by atoms with Gasteiger partial charge in [0.2, 0.25) is 0 Å². The van der Waals surface area contributed by atoms with Gasteiger partial charge in [0.15, 0.2) is 0 Å². The minimum Gasteiger partial charge on any atom is -0.354 e. The normalized spacial score (nSPS) is 20.9. The van der Waals surface area contributed by atoms with Crippen molar-refractivity contribution in [3.8, 4) is 0 Å². The van der Waals surface area contributed by atoms with Crippen molar-refractivity contribution < 1.29 is 0 Å². The third kappa shape index (κ3) is 2.29. The molecule has 1 aliphatic rings. The zero-order valence-electron chi connectivity index (χ0n) is 9.53. The van der Waals surface area contributed by atoms with Gasteiger partial charge in [0, 0.05) is 25.3 Å². The van der Waals surface area contributed by atoms with Crippen LogP contribution in [0.4, 0.5) is 5.82 Å². The van der Waals surface area contributed by atoms with E-state index in [1.165, 1.54) is 18.4 Å². The summed E-state index contributed by atoms with van der Waals surface area (Å²) in [6.07, 6.45) is 4.49. The number of aromatic nitrogens is 1. The van der Waals surface area contributed by atoms with Crippen molar-refractivity contribution in [1.29, 1.82) is 0 Å². The smallest absolute Gasteiger partial charge is 0.129 e. The largest absolute Gasteiger partial charge is 0.354 e. The molecule has 82 valence electrons. The zero-order chi connectivity index (χ0) is 10.7. The molecule has 1 unspecified atom stereocenters. The van der Waals surface area contributed by atoms with Crippen LogP contribution < -0.4 is 10.2 Å². The van der Waals surface area contributed by atoms with Crippen molar-refractivity contribution in [3.05, 3.63) is 23.9 Å². The SMILES string of the molecule is CNCc1ccnc(N2CCCC2C)c1. The Bertz CT molecular complexity index is 324. The van der Waals surface area contributed by atoms with Crippen LogP contribution in [0.25, 0.3) is 0 Å². The van der Waals surface area contributed by atoms with Crippen molar-refractivity contribution in [1.82, 2.24) is 10.3 Å². The van der Waals surface area contributed by atoms with Crippen molar-refractivity contribution in [2.24, 2.45) is 0 Å². The second kappa shape index (κ2) is 4.62. The first-order valence-corrected chi connectivity index (χ1v) is 5.67. The highest BCUT2D eigenvalue weighted by Gasteiger charge is 2.21. The van der Waals surface area contributed by atoms with Gasteiger partial charge in [0.1, 0.15) is 5.82 Å². The number of rotatable bonds is 3. The lowest BCUT2D eigenvalue weighted by Crippen LogP contribution is -2.27. The molecule has 15 heavy (non-hydrogen) atoms. The van der Waals surface area contributed by atoms with Crippen LogP contribution in [-0.4, -0.2) is 24.6 Å². The number of nitrogens with zero attached hydrogens (tertiary/aromatic N) is 2. The maximum absolute atomic E-state index is 4.45. The fourth-order valence-electron chi connectivity index (χ4n) is 2.21. The molecular formula is C12H19N3. The maximum Gasteiger partial charge on any atom is 0.129 e. The molecule has 0 spiro atoms. The van der Waals surface area contributed by atoms with Gasteiger partial charge in [-0.2, -0.15) is 0 Å². The molecule has 1 saturated heterocycles. The monoisotopic (exact) mass is 205 g/mol. The third-order valence-electron chi connectivity index (χ3n) is 3.04. The molecule has 0 bridgehead atoms. The Labute approximate surface area is 91.5 Å². The Morgan fingerprint density at radius 1 is 1.60 bits per heavy atom. The summed E-state index contributed by atoms with van der Waals surface area (Å²) in [4.78, 5) is 6.85. The number of hydrogen-bond acceptors (Lipinski definition) is 3. The molecule has 0 radical (unpaired) electrons. The molecule has 1 fully saturated rings. The van der Waals surface area contributed by atoms with Crippen LogP contribution in [0, 0.1) is 0 Å². The molecule has 1 N–H and O–H groups in total. The molecule has 3 nitrogen and oxygen atoms in total. The summed E-state index contributed by atoms with van der Waals surface area (Å²) in [6.45, 7) is 4.34. The van der Waals surface area contributed by atoms with Gasteiger partial charge in [-0.3, -0.25) is 0 Å². The van der Waals surface area contributed by atoms with Crippen molar-refractivity contribution in [3.63, 3.8) is 0 Å². The first-order valence-electron chi connectivity index (χ1n) is 5.67. The molecule has 0 amide bonds. The van der Waals surface area contributed by atoms with Gasteiger partial charge in [0.05, 0.1) is 0 Å². The average molecular weight is 205 g/mol. The van der Waals surface area contributed by atoms with E-state index in [4.69, 9.17) is 0 Å². The van der Waals surface area contributed by atoms with Crippen LogP contribution >= 0.6 is 0 Å². The topological polar surface area (TPSA) is 28.2 Å². The van der Waals surface area contributed by atoms with Gasteiger partial charge < -0.3 is 10.2 Å². The van der Waals surface area contributed by atoms with Crippen LogP contribution in [0.15, 0.2) is 18.3 Å². The van der Waals surface area contributed by atoms with Gasteiger partial charge in [-0.1, -0.05) is 0 Å². The Balaban J connectivity index is 2.16. The summed E-state index contributed by atoms with van der Waals surface area (Å²) in [7, 11) is 1.97. The molecule has 2 heterocycles. The molecule has 1 aromatic heterocycles. The highest BCUT2D eigenvalue weighted by Crippen LogP contribution is 2.23. The number of hydrogen-bond donors (Lipinski definition) is 1. The van der Waals surface area contributed by atoms with E-state index in [9.17, 15) is 0 Å². The fourth-order valence-corrected chi connectivity index (χ4v) is 2.21.